The zero-order valence-electron chi connectivity index (χ0n) is 7.96. The molecule has 1 aliphatic rings. The van der Waals surface area contributed by atoms with E-state index in [1.807, 2.05) is 13.8 Å². The molecule has 0 radical (unpaired) electrons. The summed E-state index contributed by atoms with van der Waals surface area (Å²) >= 11 is 0. The van der Waals surface area contributed by atoms with Crippen LogP contribution < -0.4 is 0 Å². The summed E-state index contributed by atoms with van der Waals surface area (Å²) in [4.78, 5) is 22.0. The number of Topliss-reactive ketones (excluding diaryl/α,β-unsaturated/α-hetero) is 1. The number of carboxylic acid groups (broad SMARTS) is 1. The molecule has 1 unspecified atom stereocenters. The molecule has 0 aliphatic heterocycles. The zero-order valence-corrected chi connectivity index (χ0v) is 7.96. The van der Waals surface area contributed by atoms with E-state index in [1.165, 1.54) is 0 Å². The minimum absolute atomic E-state index is 0.0126. The minimum Gasteiger partial charge on any atom is -0.481 e. The summed E-state index contributed by atoms with van der Waals surface area (Å²) in [5.41, 5.74) is 1.85. The Bertz CT molecular complexity index is 272. The highest BCUT2D eigenvalue weighted by Crippen LogP contribution is 2.27. The first-order chi connectivity index (χ1) is 6.02. The van der Waals surface area contributed by atoms with Crippen molar-refractivity contribution in [3.8, 4) is 0 Å². The van der Waals surface area contributed by atoms with Crippen molar-refractivity contribution in [3.63, 3.8) is 0 Å². The van der Waals surface area contributed by atoms with Crippen molar-refractivity contribution in [2.75, 3.05) is 0 Å². The first kappa shape index (κ1) is 9.96. The van der Waals surface area contributed by atoms with E-state index in [4.69, 9.17) is 5.11 Å². The molecule has 1 saturated carbocycles. The fourth-order valence-electron chi connectivity index (χ4n) is 1.65. The number of carbonyl (C=O) groups excluding carboxylic acids is 1. The van der Waals surface area contributed by atoms with E-state index < -0.39 is 11.9 Å². The maximum atomic E-state index is 11.4. The molecule has 0 aromatic rings. The van der Waals surface area contributed by atoms with Crippen LogP contribution >= 0.6 is 0 Å². The lowest BCUT2D eigenvalue weighted by Gasteiger charge is -2.20. The maximum absolute atomic E-state index is 11.4. The number of carboxylic acids is 1. The number of allylic oxidation sites excluding steroid dienone is 2. The molecule has 1 rings (SSSR count). The first-order valence-electron chi connectivity index (χ1n) is 4.44. The molecule has 0 bridgehead atoms. The summed E-state index contributed by atoms with van der Waals surface area (Å²) in [5.74, 6) is -1.30. The molecule has 1 fully saturated rings. The second-order valence-electron chi connectivity index (χ2n) is 3.68. The second kappa shape index (κ2) is 3.73. The van der Waals surface area contributed by atoms with Gasteiger partial charge in [0.25, 0.3) is 0 Å². The highest BCUT2D eigenvalue weighted by Gasteiger charge is 2.28. The van der Waals surface area contributed by atoms with Crippen molar-refractivity contribution in [2.45, 2.75) is 33.1 Å². The molecule has 0 saturated heterocycles. The largest absolute Gasteiger partial charge is 0.481 e. The Balaban J connectivity index is 2.74. The Labute approximate surface area is 77.4 Å². The fraction of sp³-hybridized carbons (Fsp3) is 0.600. The van der Waals surface area contributed by atoms with Gasteiger partial charge in [-0.25, -0.2) is 0 Å². The lowest BCUT2D eigenvalue weighted by molar-refractivity contribution is -0.144. The van der Waals surface area contributed by atoms with E-state index in [-0.39, 0.29) is 12.2 Å². The van der Waals surface area contributed by atoms with Crippen LogP contribution in [0.1, 0.15) is 33.1 Å². The molecule has 0 aromatic carbocycles. The van der Waals surface area contributed by atoms with Crippen LogP contribution in [-0.4, -0.2) is 16.9 Å². The second-order valence-corrected chi connectivity index (χ2v) is 3.68. The third-order valence-corrected chi connectivity index (χ3v) is 2.46. The molecule has 0 heterocycles. The normalized spacial score (nSPS) is 23.1. The highest BCUT2D eigenvalue weighted by atomic mass is 16.4. The predicted octanol–water partition coefficient (Wildman–Crippen LogP) is 1.78. The van der Waals surface area contributed by atoms with Gasteiger partial charge in [0.1, 0.15) is 0 Å². The van der Waals surface area contributed by atoms with E-state index in [2.05, 4.69) is 0 Å². The van der Waals surface area contributed by atoms with Crippen LogP contribution in [0.4, 0.5) is 0 Å². The monoisotopic (exact) mass is 182 g/mol. The summed E-state index contributed by atoms with van der Waals surface area (Å²) < 4.78 is 0. The first-order valence-corrected chi connectivity index (χ1v) is 4.44. The van der Waals surface area contributed by atoms with E-state index in [9.17, 15) is 9.59 Å². The third kappa shape index (κ3) is 2.17. The van der Waals surface area contributed by atoms with Crippen molar-refractivity contribution in [3.05, 3.63) is 11.1 Å². The lowest BCUT2D eigenvalue weighted by atomic mass is 9.83. The molecular formula is C10H14O3. The van der Waals surface area contributed by atoms with Crippen LogP contribution in [0.5, 0.6) is 0 Å². The van der Waals surface area contributed by atoms with Gasteiger partial charge in [0.05, 0.1) is 5.92 Å². The average molecular weight is 182 g/mol. The van der Waals surface area contributed by atoms with Gasteiger partial charge in [0.15, 0.2) is 5.78 Å². The molecule has 1 N–H and O–H groups in total. The van der Waals surface area contributed by atoms with Crippen LogP contribution in [0, 0.1) is 5.92 Å². The van der Waals surface area contributed by atoms with Crippen LogP contribution in [0.2, 0.25) is 0 Å². The van der Waals surface area contributed by atoms with Crippen LogP contribution in [0.25, 0.3) is 0 Å². The standard InChI is InChI=1S/C10H14O3/c1-6(2)8-4-3-7(10(12)13)5-9(8)11/h7H,3-5H2,1-2H3,(H,12,13). The molecule has 0 spiro atoms. The molecule has 1 aliphatic carbocycles. The van der Waals surface area contributed by atoms with Crippen molar-refractivity contribution >= 4 is 11.8 Å². The molecule has 13 heavy (non-hydrogen) atoms. The summed E-state index contributed by atoms with van der Waals surface area (Å²) in [6.07, 6.45) is 1.40. The van der Waals surface area contributed by atoms with E-state index in [0.29, 0.717) is 12.8 Å². The summed E-state index contributed by atoms with van der Waals surface area (Å²) in [6, 6.07) is 0. The smallest absolute Gasteiger partial charge is 0.306 e. The molecule has 0 aromatic heterocycles. The predicted molar refractivity (Wildman–Crippen MR) is 48.4 cm³/mol. The Hall–Kier alpha value is -1.12. The molecule has 3 nitrogen and oxygen atoms in total. The topological polar surface area (TPSA) is 54.4 Å². The van der Waals surface area contributed by atoms with Gasteiger partial charge in [0, 0.05) is 6.42 Å². The van der Waals surface area contributed by atoms with Crippen molar-refractivity contribution < 1.29 is 14.7 Å². The Kier molecular flexibility index (Phi) is 2.86. The summed E-state index contributed by atoms with van der Waals surface area (Å²) in [5, 5.41) is 8.71. The van der Waals surface area contributed by atoms with E-state index >= 15 is 0 Å². The van der Waals surface area contributed by atoms with Gasteiger partial charge in [-0.05, 0) is 32.3 Å². The van der Waals surface area contributed by atoms with Crippen LogP contribution in [-0.2, 0) is 9.59 Å². The van der Waals surface area contributed by atoms with Crippen molar-refractivity contribution in [2.24, 2.45) is 5.92 Å². The Morgan fingerprint density at radius 2 is 2.08 bits per heavy atom. The zero-order chi connectivity index (χ0) is 10.0. The highest BCUT2D eigenvalue weighted by molar-refractivity contribution is 5.99. The fourth-order valence-corrected chi connectivity index (χ4v) is 1.65. The molecule has 72 valence electrons. The van der Waals surface area contributed by atoms with Gasteiger partial charge in [-0.2, -0.15) is 0 Å². The summed E-state index contributed by atoms with van der Waals surface area (Å²) in [6.45, 7) is 3.79. The van der Waals surface area contributed by atoms with Gasteiger partial charge < -0.3 is 5.11 Å². The number of hydrogen-bond acceptors (Lipinski definition) is 2. The van der Waals surface area contributed by atoms with Gasteiger partial charge >= 0.3 is 5.97 Å². The van der Waals surface area contributed by atoms with E-state index in [1.54, 1.807) is 0 Å². The van der Waals surface area contributed by atoms with Gasteiger partial charge in [-0.15, -0.1) is 0 Å². The third-order valence-electron chi connectivity index (χ3n) is 2.46. The number of hydrogen-bond donors (Lipinski definition) is 1. The number of ketones is 1. The Morgan fingerprint density at radius 1 is 1.46 bits per heavy atom. The van der Waals surface area contributed by atoms with Crippen LogP contribution in [0.15, 0.2) is 11.1 Å². The SMILES string of the molecule is CC(C)=C1CCC(C(=O)O)CC1=O. The number of carbonyl (C=O) groups is 2. The van der Waals surface area contributed by atoms with Gasteiger partial charge in [-0.1, -0.05) is 5.57 Å². The maximum Gasteiger partial charge on any atom is 0.306 e. The molecule has 0 amide bonds. The molecule has 1 atom stereocenters. The van der Waals surface area contributed by atoms with Gasteiger partial charge in [-0.3, -0.25) is 9.59 Å². The molecular weight excluding hydrogens is 168 g/mol. The molecule has 3 heteroatoms. The number of rotatable bonds is 1. The number of aliphatic carboxylic acids is 1. The Morgan fingerprint density at radius 3 is 2.46 bits per heavy atom. The van der Waals surface area contributed by atoms with Crippen LogP contribution in [0.3, 0.4) is 0 Å². The van der Waals surface area contributed by atoms with Gasteiger partial charge in [0.2, 0.25) is 0 Å². The average Bonchev–Trinajstić information content (AvgIpc) is 2.03. The quantitative estimate of drug-likeness (QED) is 0.629. The van der Waals surface area contributed by atoms with E-state index in [0.717, 1.165) is 11.1 Å². The van der Waals surface area contributed by atoms with Crippen molar-refractivity contribution in [1.82, 2.24) is 0 Å². The minimum atomic E-state index is -0.846. The lowest BCUT2D eigenvalue weighted by Crippen LogP contribution is -2.24. The van der Waals surface area contributed by atoms with Crippen molar-refractivity contribution in [1.29, 1.82) is 0 Å². The summed E-state index contributed by atoms with van der Waals surface area (Å²) in [7, 11) is 0.